The molecule has 2 aromatic carbocycles. The summed E-state index contributed by atoms with van der Waals surface area (Å²) in [4.78, 5) is 0. The van der Waals surface area contributed by atoms with Crippen LogP contribution in [0.5, 0.6) is 0 Å². The lowest BCUT2D eigenvalue weighted by Crippen LogP contribution is -2.20. The number of anilines is 1. The van der Waals surface area contributed by atoms with Crippen molar-refractivity contribution in [2.45, 2.75) is 51.6 Å². The van der Waals surface area contributed by atoms with Gasteiger partial charge in [-0.15, -0.1) is 0 Å². The number of hydrogen-bond donors (Lipinski definition) is 2. The van der Waals surface area contributed by atoms with Crippen molar-refractivity contribution >= 4 is 17.2 Å². The molecule has 2 fully saturated rings. The summed E-state index contributed by atoms with van der Waals surface area (Å²) in [5.41, 5.74) is 9.04. The number of aryl methyl sites for hydroxylation is 1. The lowest BCUT2D eigenvalue weighted by molar-refractivity contribution is 0.0909. The van der Waals surface area contributed by atoms with Gasteiger partial charge in [-0.25, -0.2) is 0 Å². The summed E-state index contributed by atoms with van der Waals surface area (Å²) in [7, 11) is 0. The van der Waals surface area contributed by atoms with Crippen molar-refractivity contribution in [3.05, 3.63) is 87.2 Å². The monoisotopic (exact) mass is 434 g/mol. The summed E-state index contributed by atoms with van der Waals surface area (Å²) in [6, 6.07) is 15.4. The van der Waals surface area contributed by atoms with Gasteiger partial charge in [0.1, 0.15) is 6.10 Å². The van der Waals surface area contributed by atoms with Crippen LogP contribution < -0.4 is 5.32 Å². The molecule has 0 radical (unpaired) electrons. The highest BCUT2D eigenvalue weighted by Crippen LogP contribution is 2.37. The van der Waals surface area contributed by atoms with Gasteiger partial charge < -0.3 is 19.2 Å². The molecule has 1 aromatic heterocycles. The molecule has 2 unspecified atom stereocenters. The minimum atomic E-state index is 0.155. The lowest BCUT2D eigenvalue weighted by Gasteiger charge is -2.26. The number of aromatic amines is 1. The molecule has 2 atom stereocenters. The molecule has 0 bridgehead atoms. The molecule has 2 heterocycles. The van der Waals surface area contributed by atoms with Gasteiger partial charge in [0.25, 0.3) is 0 Å². The second-order valence-electron chi connectivity index (χ2n) is 8.66. The van der Waals surface area contributed by atoms with E-state index in [1.165, 1.54) is 39.9 Å². The SMILES string of the molecule is Cc1cccc(C(c2cccc(NC(OC3CCOC3)=C3CCC3)c2)c2cs[nH]2)c1C. The Hall–Kier alpha value is -2.50. The molecular weight excluding hydrogens is 404 g/mol. The van der Waals surface area contributed by atoms with Gasteiger partial charge in [-0.1, -0.05) is 41.9 Å². The van der Waals surface area contributed by atoms with Crippen LogP contribution in [0.25, 0.3) is 0 Å². The molecule has 1 aliphatic heterocycles. The molecule has 2 aliphatic rings. The number of aromatic nitrogens is 1. The standard InChI is InChI=1S/C26H30N2O2S/c1-17-6-3-11-23(18(17)2)25(24-16-31-28-24)20-9-5-10-21(14-20)27-26(19-7-4-8-19)30-22-12-13-29-15-22/h3,5-6,9-11,14,16,22,25,27-28H,4,7-8,12-13,15H2,1-2H3. The van der Waals surface area contributed by atoms with Gasteiger partial charge in [-0.05, 0) is 73.1 Å². The van der Waals surface area contributed by atoms with E-state index in [0.29, 0.717) is 6.61 Å². The number of hydrogen-bond acceptors (Lipinski definition) is 4. The van der Waals surface area contributed by atoms with Gasteiger partial charge in [-0.3, -0.25) is 0 Å². The van der Waals surface area contributed by atoms with E-state index in [0.717, 1.165) is 37.4 Å². The van der Waals surface area contributed by atoms with Crippen LogP contribution in [0.3, 0.4) is 0 Å². The second-order valence-corrected chi connectivity index (χ2v) is 9.33. The molecule has 5 heteroatoms. The van der Waals surface area contributed by atoms with Gasteiger partial charge in [0.05, 0.1) is 19.1 Å². The topological polar surface area (TPSA) is 46.3 Å². The van der Waals surface area contributed by atoms with Crippen molar-refractivity contribution < 1.29 is 9.47 Å². The summed E-state index contributed by atoms with van der Waals surface area (Å²) in [6.07, 6.45) is 4.61. The summed E-state index contributed by atoms with van der Waals surface area (Å²) in [6.45, 7) is 5.89. The first-order chi connectivity index (χ1) is 15.2. The van der Waals surface area contributed by atoms with E-state index in [4.69, 9.17) is 9.47 Å². The predicted molar refractivity (Wildman–Crippen MR) is 127 cm³/mol. The van der Waals surface area contributed by atoms with Crippen LogP contribution >= 0.6 is 11.5 Å². The average Bonchev–Trinajstić information content (AvgIpc) is 3.19. The Morgan fingerprint density at radius 3 is 2.71 bits per heavy atom. The van der Waals surface area contributed by atoms with Gasteiger partial charge in [0.2, 0.25) is 0 Å². The number of rotatable bonds is 7. The Labute approximate surface area is 188 Å². The van der Waals surface area contributed by atoms with Crippen LogP contribution in [-0.2, 0) is 9.47 Å². The van der Waals surface area contributed by atoms with E-state index >= 15 is 0 Å². The highest BCUT2D eigenvalue weighted by atomic mass is 32.1. The molecule has 5 rings (SSSR count). The summed E-state index contributed by atoms with van der Waals surface area (Å²) in [5, 5.41) is 5.83. The molecule has 1 saturated heterocycles. The van der Waals surface area contributed by atoms with Crippen molar-refractivity contribution in [1.29, 1.82) is 0 Å². The number of nitrogens with one attached hydrogen (secondary N) is 2. The van der Waals surface area contributed by atoms with E-state index in [1.807, 2.05) is 0 Å². The zero-order valence-corrected chi connectivity index (χ0v) is 19.1. The van der Waals surface area contributed by atoms with Crippen LogP contribution in [0.2, 0.25) is 0 Å². The van der Waals surface area contributed by atoms with E-state index in [1.54, 1.807) is 11.5 Å². The van der Waals surface area contributed by atoms with E-state index in [2.05, 4.69) is 71.4 Å². The molecule has 2 N–H and O–H groups in total. The van der Waals surface area contributed by atoms with Gasteiger partial charge in [0, 0.05) is 23.2 Å². The maximum atomic E-state index is 6.34. The number of ether oxygens (including phenoxy) is 2. The minimum Gasteiger partial charge on any atom is -0.473 e. The van der Waals surface area contributed by atoms with Gasteiger partial charge >= 0.3 is 0 Å². The van der Waals surface area contributed by atoms with Crippen LogP contribution in [-0.4, -0.2) is 23.7 Å². The molecule has 31 heavy (non-hydrogen) atoms. The summed E-state index contributed by atoms with van der Waals surface area (Å²) >= 11 is 1.65. The van der Waals surface area contributed by atoms with E-state index < -0.39 is 0 Å². The van der Waals surface area contributed by atoms with Crippen molar-refractivity contribution in [3.8, 4) is 0 Å². The van der Waals surface area contributed by atoms with Crippen LogP contribution in [0, 0.1) is 13.8 Å². The maximum Gasteiger partial charge on any atom is 0.190 e. The van der Waals surface area contributed by atoms with Crippen molar-refractivity contribution in [3.63, 3.8) is 0 Å². The predicted octanol–water partition coefficient (Wildman–Crippen LogP) is 6.49. The van der Waals surface area contributed by atoms with Crippen molar-refractivity contribution in [2.24, 2.45) is 0 Å². The molecule has 162 valence electrons. The van der Waals surface area contributed by atoms with Gasteiger partial charge in [0.15, 0.2) is 5.88 Å². The third-order valence-corrected chi connectivity index (χ3v) is 7.29. The number of benzene rings is 2. The number of allylic oxidation sites excluding steroid dienone is 1. The van der Waals surface area contributed by atoms with Crippen LogP contribution in [0.4, 0.5) is 5.69 Å². The summed E-state index contributed by atoms with van der Waals surface area (Å²) in [5.74, 6) is 1.14. The molecule has 3 aromatic rings. The van der Waals surface area contributed by atoms with Crippen molar-refractivity contribution in [1.82, 2.24) is 4.37 Å². The first-order valence-electron chi connectivity index (χ1n) is 11.2. The highest BCUT2D eigenvalue weighted by molar-refractivity contribution is 7.04. The lowest BCUT2D eigenvalue weighted by atomic mass is 9.85. The molecular formula is C26H30N2O2S. The van der Waals surface area contributed by atoms with Crippen LogP contribution in [0.1, 0.15) is 59.5 Å². The quantitative estimate of drug-likeness (QED) is 0.418. The molecule has 4 nitrogen and oxygen atoms in total. The Kier molecular flexibility index (Phi) is 5.88. The third-order valence-electron chi connectivity index (χ3n) is 6.56. The Morgan fingerprint density at radius 1 is 1.19 bits per heavy atom. The fourth-order valence-electron chi connectivity index (χ4n) is 4.35. The normalized spacial score (nSPS) is 19.2. The van der Waals surface area contributed by atoms with E-state index in [-0.39, 0.29) is 12.0 Å². The smallest absolute Gasteiger partial charge is 0.190 e. The van der Waals surface area contributed by atoms with Crippen LogP contribution in [0.15, 0.2) is 59.3 Å². The molecule has 0 amide bonds. The molecule has 1 aliphatic carbocycles. The third kappa shape index (κ3) is 4.30. The average molecular weight is 435 g/mol. The van der Waals surface area contributed by atoms with E-state index in [9.17, 15) is 0 Å². The zero-order chi connectivity index (χ0) is 21.2. The Balaban J connectivity index is 1.45. The first kappa shape index (κ1) is 20.4. The number of H-pyrrole nitrogens is 1. The second kappa shape index (κ2) is 8.93. The Bertz CT molecular complexity index is 1060. The first-order valence-corrected chi connectivity index (χ1v) is 12.1. The Morgan fingerprint density at radius 2 is 2.03 bits per heavy atom. The fraction of sp³-hybridized carbons (Fsp3) is 0.385. The molecule has 0 spiro atoms. The highest BCUT2D eigenvalue weighted by Gasteiger charge is 2.24. The van der Waals surface area contributed by atoms with Crippen molar-refractivity contribution in [2.75, 3.05) is 18.5 Å². The zero-order valence-electron chi connectivity index (χ0n) is 18.2. The largest absolute Gasteiger partial charge is 0.473 e. The summed E-state index contributed by atoms with van der Waals surface area (Å²) < 4.78 is 15.3. The molecule has 1 saturated carbocycles. The minimum absolute atomic E-state index is 0.155. The van der Waals surface area contributed by atoms with Gasteiger partial charge in [-0.2, -0.15) is 0 Å². The maximum absolute atomic E-state index is 6.34. The fourth-order valence-corrected chi connectivity index (χ4v) is 4.86.